The zero-order valence-corrected chi connectivity index (χ0v) is 6.59. The number of aryl methyl sites for hydroxylation is 2. The molecule has 0 spiro atoms. The maximum Gasteiger partial charge on any atom is 0.137 e. The van der Waals surface area contributed by atoms with Gasteiger partial charge in [-0.25, -0.2) is 0 Å². The van der Waals surface area contributed by atoms with Gasteiger partial charge in [0.25, 0.3) is 0 Å². The molecule has 0 fully saturated rings. The topological polar surface area (TPSA) is 26.0 Å². The minimum atomic E-state index is 0.926. The molecule has 0 aliphatic carbocycles. The van der Waals surface area contributed by atoms with Crippen molar-refractivity contribution < 1.29 is 4.42 Å². The largest absolute Gasteiger partial charge is 0.461 e. The number of hydrogen-bond acceptors (Lipinski definition) is 2. The van der Waals surface area contributed by atoms with E-state index in [4.69, 9.17) is 4.42 Å². The Bertz CT molecular complexity index is 389. The fourth-order valence-electron chi connectivity index (χ4n) is 1.23. The molecule has 2 heterocycles. The summed E-state index contributed by atoms with van der Waals surface area (Å²) in [5.41, 5.74) is 1.95. The predicted molar refractivity (Wildman–Crippen MR) is 43.5 cm³/mol. The fourth-order valence-corrected chi connectivity index (χ4v) is 1.23. The van der Waals surface area contributed by atoms with Crippen molar-refractivity contribution in [1.29, 1.82) is 0 Å². The summed E-state index contributed by atoms with van der Waals surface area (Å²) in [7, 11) is 0. The number of pyridine rings is 1. The summed E-state index contributed by atoms with van der Waals surface area (Å²) in [6.45, 7) is 3.93. The van der Waals surface area contributed by atoms with Gasteiger partial charge in [0.05, 0.1) is 0 Å². The lowest BCUT2D eigenvalue weighted by molar-refractivity contribution is 0.578. The van der Waals surface area contributed by atoms with Crippen LogP contribution in [0.5, 0.6) is 0 Å². The predicted octanol–water partition coefficient (Wildman–Crippen LogP) is 2.44. The highest BCUT2D eigenvalue weighted by molar-refractivity contribution is 5.79. The van der Waals surface area contributed by atoms with Crippen LogP contribution in [0.2, 0.25) is 0 Å². The van der Waals surface area contributed by atoms with Crippen LogP contribution in [0, 0.1) is 13.8 Å². The van der Waals surface area contributed by atoms with Crippen molar-refractivity contribution in [2.75, 3.05) is 0 Å². The van der Waals surface area contributed by atoms with Crippen LogP contribution in [0.25, 0.3) is 11.0 Å². The molecule has 56 valence electrons. The Hall–Kier alpha value is -1.31. The molecule has 11 heavy (non-hydrogen) atoms. The molecule has 0 radical (unpaired) electrons. The van der Waals surface area contributed by atoms with Crippen LogP contribution in [-0.2, 0) is 0 Å². The van der Waals surface area contributed by atoms with Crippen molar-refractivity contribution in [3.05, 3.63) is 29.8 Å². The molecular weight excluding hydrogens is 138 g/mol. The van der Waals surface area contributed by atoms with Crippen LogP contribution < -0.4 is 0 Å². The molecule has 2 heteroatoms. The van der Waals surface area contributed by atoms with E-state index < -0.39 is 0 Å². The third-order valence-electron chi connectivity index (χ3n) is 1.77. The van der Waals surface area contributed by atoms with Gasteiger partial charge in [0.2, 0.25) is 0 Å². The van der Waals surface area contributed by atoms with Gasteiger partial charge >= 0.3 is 0 Å². The molecule has 0 saturated carbocycles. The molecule has 0 bridgehead atoms. The van der Waals surface area contributed by atoms with Gasteiger partial charge in [-0.1, -0.05) is 0 Å². The van der Waals surface area contributed by atoms with Crippen LogP contribution in [0.15, 0.2) is 22.7 Å². The van der Waals surface area contributed by atoms with Crippen LogP contribution >= 0.6 is 0 Å². The summed E-state index contributed by atoms with van der Waals surface area (Å²) >= 11 is 0. The fraction of sp³-hybridized carbons (Fsp3) is 0.222. The SMILES string of the molecule is Cc1cc2c(C)nccc2o1. The van der Waals surface area contributed by atoms with Gasteiger partial charge in [-0.3, -0.25) is 4.98 Å². The van der Waals surface area contributed by atoms with Gasteiger partial charge in [-0.05, 0) is 26.0 Å². The molecule has 0 aromatic carbocycles. The third kappa shape index (κ3) is 0.909. The van der Waals surface area contributed by atoms with Crippen molar-refractivity contribution >= 4 is 11.0 Å². The Morgan fingerprint density at radius 1 is 1.36 bits per heavy atom. The van der Waals surface area contributed by atoms with E-state index in [1.165, 1.54) is 0 Å². The summed E-state index contributed by atoms with van der Waals surface area (Å²) in [5, 5.41) is 1.12. The average molecular weight is 147 g/mol. The first-order valence-electron chi connectivity index (χ1n) is 3.59. The molecule has 0 amide bonds. The van der Waals surface area contributed by atoms with Gasteiger partial charge in [0, 0.05) is 17.3 Å². The van der Waals surface area contributed by atoms with E-state index in [9.17, 15) is 0 Å². The molecule has 2 nitrogen and oxygen atoms in total. The highest BCUT2D eigenvalue weighted by Gasteiger charge is 2.01. The molecule has 2 aromatic rings. The maximum atomic E-state index is 5.41. The lowest BCUT2D eigenvalue weighted by Crippen LogP contribution is -1.77. The third-order valence-corrected chi connectivity index (χ3v) is 1.77. The zero-order valence-electron chi connectivity index (χ0n) is 6.59. The first-order chi connectivity index (χ1) is 5.27. The summed E-state index contributed by atoms with van der Waals surface area (Å²) < 4.78 is 5.41. The van der Waals surface area contributed by atoms with Crippen LogP contribution in [-0.4, -0.2) is 4.98 Å². The van der Waals surface area contributed by atoms with E-state index >= 15 is 0 Å². The average Bonchev–Trinajstić information content (AvgIpc) is 2.31. The normalized spacial score (nSPS) is 10.7. The molecule has 0 saturated heterocycles. The van der Waals surface area contributed by atoms with Crippen LogP contribution in [0.3, 0.4) is 0 Å². The minimum absolute atomic E-state index is 0.926. The number of aromatic nitrogens is 1. The number of hydrogen-bond donors (Lipinski definition) is 0. The zero-order chi connectivity index (χ0) is 7.84. The van der Waals surface area contributed by atoms with Gasteiger partial charge in [-0.15, -0.1) is 0 Å². The first-order valence-corrected chi connectivity index (χ1v) is 3.59. The second-order valence-electron chi connectivity index (χ2n) is 2.67. The van der Waals surface area contributed by atoms with E-state index in [0.29, 0.717) is 0 Å². The summed E-state index contributed by atoms with van der Waals surface area (Å²) in [6.07, 6.45) is 1.76. The van der Waals surface area contributed by atoms with Gasteiger partial charge in [0.15, 0.2) is 0 Å². The summed E-state index contributed by atoms with van der Waals surface area (Å²) in [4.78, 5) is 4.16. The molecule has 0 atom stereocenters. The Labute approximate surface area is 64.9 Å². The highest BCUT2D eigenvalue weighted by atomic mass is 16.3. The van der Waals surface area contributed by atoms with Crippen molar-refractivity contribution in [3.63, 3.8) is 0 Å². The second kappa shape index (κ2) is 2.09. The number of furan rings is 1. The van der Waals surface area contributed by atoms with Crippen LogP contribution in [0.4, 0.5) is 0 Å². The smallest absolute Gasteiger partial charge is 0.137 e. The van der Waals surface area contributed by atoms with E-state index in [-0.39, 0.29) is 0 Å². The Morgan fingerprint density at radius 3 is 2.91 bits per heavy atom. The first kappa shape index (κ1) is 6.40. The standard InChI is InChI=1S/C9H9NO/c1-6-5-8-7(2)10-4-3-9(8)11-6/h3-5H,1-2H3. The number of rotatable bonds is 0. The lowest BCUT2D eigenvalue weighted by Gasteiger charge is -1.89. The molecule has 0 N–H and O–H groups in total. The Kier molecular flexibility index (Phi) is 1.22. The Morgan fingerprint density at radius 2 is 2.18 bits per heavy atom. The van der Waals surface area contributed by atoms with E-state index in [0.717, 1.165) is 22.4 Å². The number of fused-ring (bicyclic) bond motifs is 1. The lowest BCUT2D eigenvalue weighted by atomic mass is 10.2. The summed E-state index contributed by atoms with van der Waals surface area (Å²) in [6, 6.07) is 3.90. The minimum Gasteiger partial charge on any atom is -0.461 e. The Balaban J connectivity index is 2.90. The quantitative estimate of drug-likeness (QED) is 0.572. The van der Waals surface area contributed by atoms with Crippen molar-refractivity contribution in [3.8, 4) is 0 Å². The van der Waals surface area contributed by atoms with Crippen molar-refractivity contribution in [2.45, 2.75) is 13.8 Å². The van der Waals surface area contributed by atoms with E-state index in [1.54, 1.807) is 6.20 Å². The van der Waals surface area contributed by atoms with Crippen molar-refractivity contribution in [1.82, 2.24) is 4.98 Å². The van der Waals surface area contributed by atoms with Crippen LogP contribution in [0.1, 0.15) is 11.5 Å². The molecule has 0 aliphatic rings. The monoisotopic (exact) mass is 147 g/mol. The van der Waals surface area contributed by atoms with Gasteiger partial charge in [0.1, 0.15) is 11.3 Å². The maximum absolute atomic E-state index is 5.41. The van der Waals surface area contributed by atoms with Crippen molar-refractivity contribution in [2.24, 2.45) is 0 Å². The van der Waals surface area contributed by atoms with Gasteiger partial charge in [-0.2, -0.15) is 0 Å². The molecule has 0 unspecified atom stereocenters. The van der Waals surface area contributed by atoms with E-state index in [1.807, 2.05) is 26.0 Å². The molecule has 0 aliphatic heterocycles. The second-order valence-corrected chi connectivity index (χ2v) is 2.67. The van der Waals surface area contributed by atoms with E-state index in [2.05, 4.69) is 4.98 Å². The molecular formula is C9H9NO. The number of nitrogens with zero attached hydrogens (tertiary/aromatic N) is 1. The van der Waals surface area contributed by atoms with Gasteiger partial charge < -0.3 is 4.42 Å². The highest BCUT2D eigenvalue weighted by Crippen LogP contribution is 2.19. The summed E-state index contributed by atoms with van der Waals surface area (Å²) in [5.74, 6) is 0.941. The molecule has 2 rings (SSSR count). The molecule has 2 aromatic heterocycles.